The van der Waals surface area contributed by atoms with Crippen molar-refractivity contribution >= 4 is 27.5 Å². The molecule has 1 aromatic carbocycles. The van der Waals surface area contributed by atoms with E-state index >= 15 is 0 Å². The minimum Gasteiger partial charge on any atom is -0.382 e. The standard InChI is InChI=1S/C16H19BrClNO2/c1-10(2)19-14(17)8-12(9-21-3)15(19)16(20)11-4-6-13(18)7-5-11/h4-8,10,16,20H,9H2,1-3H3. The summed E-state index contributed by atoms with van der Waals surface area (Å²) >= 11 is 9.48. The second-order valence-electron chi connectivity index (χ2n) is 5.23. The molecule has 1 aromatic heterocycles. The largest absolute Gasteiger partial charge is 0.382 e. The number of aromatic nitrogens is 1. The molecule has 1 unspecified atom stereocenters. The Balaban J connectivity index is 2.51. The molecule has 2 rings (SSSR count). The summed E-state index contributed by atoms with van der Waals surface area (Å²) in [6.07, 6.45) is -0.721. The second-order valence-corrected chi connectivity index (χ2v) is 6.48. The maximum absolute atomic E-state index is 10.8. The molecule has 3 nitrogen and oxygen atoms in total. The monoisotopic (exact) mass is 371 g/mol. The molecule has 0 bridgehead atoms. The van der Waals surface area contributed by atoms with Crippen LogP contribution < -0.4 is 0 Å². The first-order chi connectivity index (χ1) is 9.95. The Kier molecular flexibility index (Phi) is 5.49. The lowest BCUT2D eigenvalue weighted by Crippen LogP contribution is -2.13. The summed E-state index contributed by atoms with van der Waals surface area (Å²) in [5.74, 6) is 0. The highest BCUT2D eigenvalue weighted by Gasteiger charge is 2.23. The minimum atomic E-state index is -0.721. The van der Waals surface area contributed by atoms with E-state index in [4.69, 9.17) is 16.3 Å². The molecule has 0 amide bonds. The van der Waals surface area contributed by atoms with Crippen LogP contribution in [0.1, 0.15) is 42.8 Å². The fourth-order valence-corrected chi connectivity index (χ4v) is 3.47. The second kappa shape index (κ2) is 6.97. The summed E-state index contributed by atoms with van der Waals surface area (Å²) in [7, 11) is 1.65. The quantitative estimate of drug-likeness (QED) is 0.824. The molecule has 21 heavy (non-hydrogen) atoms. The molecule has 0 saturated heterocycles. The van der Waals surface area contributed by atoms with Gasteiger partial charge in [0, 0.05) is 23.7 Å². The topological polar surface area (TPSA) is 34.4 Å². The van der Waals surface area contributed by atoms with E-state index in [-0.39, 0.29) is 6.04 Å². The molecule has 1 N–H and O–H groups in total. The molecular formula is C16H19BrClNO2. The summed E-state index contributed by atoms with van der Waals surface area (Å²) in [6, 6.07) is 9.48. The van der Waals surface area contributed by atoms with Crippen LogP contribution >= 0.6 is 27.5 Å². The molecule has 5 heteroatoms. The van der Waals surface area contributed by atoms with E-state index in [1.165, 1.54) is 0 Å². The third-order valence-electron chi connectivity index (χ3n) is 3.37. The summed E-state index contributed by atoms with van der Waals surface area (Å²) < 4.78 is 8.27. The van der Waals surface area contributed by atoms with Crippen LogP contribution in [-0.4, -0.2) is 16.8 Å². The van der Waals surface area contributed by atoms with Gasteiger partial charge in [-0.3, -0.25) is 0 Å². The molecule has 1 atom stereocenters. The van der Waals surface area contributed by atoms with Gasteiger partial charge in [-0.15, -0.1) is 0 Å². The van der Waals surface area contributed by atoms with E-state index < -0.39 is 6.10 Å². The van der Waals surface area contributed by atoms with Gasteiger partial charge in [0.15, 0.2) is 0 Å². The zero-order valence-corrected chi connectivity index (χ0v) is 14.6. The first-order valence-electron chi connectivity index (χ1n) is 6.77. The van der Waals surface area contributed by atoms with Crippen molar-refractivity contribution in [2.75, 3.05) is 7.11 Å². The molecular weight excluding hydrogens is 354 g/mol. The van der Waals surface area contributed by atoms with Crippen LogP contribution in [0.15, 0.2) is 34.9 Å². The summed E-state index contributed by atoms with van der Waals surface area (Å²) in [6.45, 7) is 4.62. The first-order valence-corrected chi connectivity index (χ1v) is 7.94. The van der Waals surface area contributed by atoms with Crippen LogP contribution in [0.4, 0.5) is 0 Å². The van der Waals surface area contributed by atoms with Crippen LogP contribution in [-0.2, 0) is 11.3 Å². The Morgan fingerprint density at radius 3 is 2.43 bits per heavy atom. The Bertz CT molecular complexity index is 607. The fourth-order valence-electron chi connectivity index (χ4n) is 2.46. The lowest BCUT2D eigenvalue weighted by atomic mass is 10.0. The van der Waals surface area contributed by atoms with Gasteiger partial charge in [0.25, 0.3) is 0 Å². The van der Waals surface area contributed by atoms with Gasteiger partial charge in [-0.05, 0) is 53.5 Å². The van der Waals surface area contributed by atoms with Gasteiger partial charge in [-0.2, -0.15) is 0 Å². The third-order valence-corrected chi connectivity index (χ3v) is 4.24. The number of halogens is 2. The van der Waals surface area contributed by atoms with Crippen molar-refractivity contribution in [1.82, 2.24) is 4.57 Å². The number of rotatable bonds is 5. The van der Waals surface area contributed by atoms with Crippen LogP contribution in [0, 0.1) is 0 Å². The van der Waals surface area contributed by atoms with Gasteiger partial charge < -0.3 is 14.4 Å². The Labute approximate surface area is 138 Å². The molecule has 0 saturated carbocycles. The number of aliphatic hydroxyl groups excluding tert-OH is 1. The molecule has 1 heterocycles. The lowest BCUT2D eigenvalue weighted by Gasteiger charge is -2.20. The van der Waals surface area contributed by atoms with E-state index in [9.17, 15) is 5.11 Å². The first kappa shape index (κ1) is 16.6. The molecule has 114 valence electrons. The number of hydrogen-bond donors (Lipinski definition) is 1. The van der Waals surface area contributed by atoms with Crippen molar-refractivity contribution in [1.29, 1.82) is 0 Å². The number of aliphatic hydroxyl groups is 1. The summed E-state index contributed by atoms with van der Waals surface area (Å²) in [5.41, 5.74) is 2.63. The summed E-state index contributed by atoms with van der Waals surface area (Å²) in [5, 5.41) is 11.4. The molecule has 0 radical (unpaired) electrons. The number of hydrogen-bond acceptors (Lipinski definition) is 2. The normalized spacial score (nSPS) is 12.9. The molecule has 0 aliphatic heterocycles. The number of ether oxygens (including phenoxy) is 1. The molecule has 2 aromatic rings. The molecule has 0 fully saturated rings. The highest BCUT2D eigenvalue weighted by Crippen LogP contribution is 2.33. The maximum atomic E-state index is 10.8. The van der Waals surface area contributed by atoms with Crippen molar-refractivity contribution in [2.24, 2.45) is 0 Å². The Morgan fingerprint density at radius 2 is 1.90 bits per heavy atom. The Hall–Kier alpha value is -0.810. The van der Waals surface area contributed by atoms with Crippen LogP contribution in [0.3, 0.4) is 0 Å². The number of nitrogens with zero attached hydrogens (tertiary/aromatic N) is 1. The molecule has 0 aliphatic rings. The van der Waals surface area contributed by atoms with E-state index in [1.54, 1.807) is 19.2 Å². The SMILES string of the molecule is COCc1cc(Br)n(C(C)C)c1C(O)c1ccc(Cl)cc1. The fraction of sp³-hybridized carbons (Fsp3) is 0.375. The van der Waals surface area contributed by atoms with Crippen molar-refractivity contribution in [2.45, 2.75) is 32.6 Å². The predicted molar refractivity (Wildman–Crippen MR) is 88.7 cm³/mol. The van der Waals surface area contributed by atoms with Gasteiger partial charge in [-0.1, -0.05) is 23.7 Å². The average Bonchev–Trinajstić information content (AvgIpc) is 2.76. The summed E-state index contributed by atoms with van der Waals surface area (Å²) in [4.78, 5) is 0. The van der Waals surface area contributed by atoms with Crippen LogP contribution in [0.25, 0.3) is 0 Å². The minimum absolute atomic E-state index is 0.224. The predicted octanol–water partition coefficient (Wildman–Crippen LogP) is 4.71. The van der Waals surface area contributed by atoms with Crippen LogP contribution in [0.2, 0.25) is 5.02 Å². The van der Waals surface area contributed by atoms with Gasteiger partial charge in [0.2, 0.25) is 0 Å². The maximum Gasteiger partial charge on any atom is 0.119 e. The smallest absolute Gasteiger partial charge is 0.119 e. The van der Waals surface area contributed by atoms with Crippen molar-refractivity contribution in [3.05, 3.63) is 56.8 Å². The molecule has 0 spiro atoms. The van der Waals surface area contributed by atoms with E-state index in [1.807, 2.05) is 18.2 Å². The zero-order valence-electron chi connectivity index (χ0n) is 12.3. The number of benzene rings is 1. The van der Waals surface area contributed by atoms with Gasteiger partial charge in [0.05, 0.1) is 16.9 Å². The lowest BCUT2D eigenvalue weighted by molar-refractivity contribution is 0.172. The molecule has 0 aliphatic carbocycles. The number of methoxy groups -OCH3 is 1. The zero-order chi connectivity index (χ0) is 15.6. The van der Waals surface area contributed by atoms with Crippen molar-refractivity contribution in [3.63, 3.8) is 0 Å². The van der Waals surface area contributed by atoms with Gasteiger partial charge >= 0.3 is 0 Å². The highest BCUT2D eigenvalue weighted by atomic mass is 79.9. The third kappa shape index (κ3) is 3.51. The highest BCUT2D eigenvalue weighted by molar-refractivity contribution is 9.10. The van der Waals surface area contributed by atoms with Crippen molar-refractivity contribution < 1.29 is 9.84 Å². The van der Waals surface area contributed by atoms with Crippen molar-refractivity contribution in [3.8, 4) is 0 Å². The Morgan fingerprint density at radius 1 is 1.29 bits per heavy atom. The van der Waals surface area contributed by atoms with E-state index in [0.29, 0.717) is 11.6 Å². The van der Waals surface area contributed by atoms with Gasteiger partial charge in [0.1, 0.15) is 6.10 Å². The van der Waals surface area contributed by atoms with E-state index in [2.05, 4.69) is 34.3 Å². The van der Waals surface area contributed by atoms with Gasteiger partial charge in [-0.25, -0.2) is 0 Å². The average molecular weight is 373 g/mol. The van der Waals surface area contributed by atoms with E-state index in [0.717, 1.165) is 21.4 Å². The van der Waals surface area contributed by atoms with Crippen LogP contribution in [0.5, 0.6) is 0 Å².